The van der Waals surface area contributed by atoms with Gasteiger partial charge < -0.3 is 10.4 Å². The summed E-state index contributed by atoms with van der Waals surface area (Å²) in [4.78, 5) is 15.2. The quantitative estimate of drug-likeness (QED) is 0.856. The summed E-state index contributed by atoms with van der Waals surface area (Å²) in [7, 11) is 0. The van der Waals surface area contributed by atoms with E-state index >= 15 is 0 Å². The number of nitrogens with one attached hydrogen (secondary N) is 1. The highest BCUT2D eigenvalue weighted by Gasteiger charge is 2.11. The number of hydrogen-bond donors (Lipinski definition) is 2. The molecule has 2 heterocycles. The third-order valence-corrected chi connectivity index (χ3v) is 2.99. The van der Waals surface area contributed by atoms with Crippen molar-refractivity contribution >= 4 is 23.1 Å². The fourth-order valence-electron chi connectivity index (χ4n) is 1.28. The fourth-order valence-corrected chi connectivity index (χ4v) is 1.99. The molecule has 6 nitrogen and oxygen atoms in total. The number of aromatic carboxylic acids is 1. The number of carboxylic acids is 1. The third kappa shape index (κ3) is 2.76. The van der Waals surface area contributed by atoms with Crippen molar-refractivity contribution in [1.82, 2.24) is 15.2 Å². The summed E-state index contributed by atoms with van der Waals surface area (Å²) in [5.74, 6) is -0.773. The SMILES string of the molecule is Cc1csc(CNc2nnccc2C(=O)O)n1. The number of hydrogen-bond acceptors (Lipinski definition) is 6. The summed E-state index contributed by atoms with van der Waals surface area (Å²) in [5.41, 5.74) is 1.05. The number of carboxylic acid groups (broad SMARTS) is 1. The van der Waals surface area contributed by atoms with Crippen molar-refractivity contribution < 1.29 is 9.90 Å². The van der Waals surface area contributed by atoms with E-state index in [0.29, 0.717) is 6.54 Å². The summed E-state index contributed by atoms with van der Waals surface area (Å²) in [5, 5.41) is 22.1. The zero-order chi connectivity index (χ0) is 12.3. The number of aromatic nitrogens is 3. The smallest absolute Gasteiger partial charge is 0.339 e. The Morgan fingerprint density at radius 3 is 3.06 bits per heavy atom. The van der Waals surface area contributed by atoms with Crippen LogP contribution >= 0.6 is 11.3 Å². The predicted molar refractivity (Wildman–Crippen MR) is 63.2 cm³/mol. The summed E-state index contributed by atoms with van der Waals surface area (Å²) < 4.78 is 0. The van der Waals surface area contributed by atoms with Crippen LogP contribution in [-0.2, 0) is 6.54 Å². The van der Waals surface area contributed by atoms with E-state index in [1.54, 1.807) is 0 Å². The third-order valence-electron chi connectivity index (χ3n) is 2.02. The van der Waals surface area contributed by atoms with Crippen LogP contribution in [0.25, 0.3) is 0 Å². The fraction of sp³-hybridized carbons (Fsp3) is 0.200. The van der Waals surface area contributed by atoms with Gasteiger partial charge in [-0.3, -0.25) is 0 Å². The Balaban J connectivity index is 2.11. The minimum Gasteiger partial charge on any atom is -0.478 e. The lowest BCUT2D eigenvalue weighted by molar-refractivity contribution is 0.0697. The van der Waals surface area contributed by atoms with Crippen molar-refractivity contribution in [2.24, 2.45) is 0 Å². The van der Waals surface area contributed by atoms with Crippen LogP contribution in [0.2, 0.25) is 0 Å². The normalized spacial score (nSPS) is 10.2. The van der Waals surface area contributed by atoms with Crippen LogP contribution in [0, 0.1) is 6.92 Å². The average molecular weight is 250 g/mol. The first-order chi connectivity index (χ1) is 8.16. The number of nitrogens with zero attached hydrogens (tertiary/aromatic N) is 3. The van der Waals surface area contributed by atoms with Gasteiger partial charge in [0.2, 0.25) is 0 Å². The second-order valence-corrected chi connectivity index (χ2v) is 4.28. The van der Waals surface area contributed by atoms with E-state index in [-0.39, 0.29) is 11.4 Å². The second kappa shape index (κ2) is 4.88. The standard InChI is InChI=1S/C10H10N4O2S/c1-6-5-17-8(13-6)4-11-9-7(10(15)16)2-3-12-14-9/h2-3,5H,4H2,1H3,(H,11,14)(H,15,16). The zero-order valence-electron chi connectivity index (χ0n) is 9.04. The molecule has 2 N–H and O–H groups in total. The van der Waals surface area contributed by atoms with Gasteiger partial charge in [-0.2, -0.15) is 5.10 Å². The highest BCUT2D eigenvalue weighted by molar-refractivity contribution is 7.09. The minimum absolute atomic E-state index is 0.105. The topological polar surface area (TPSA) is 88.0 Å². The van der Waals surface area contributed by atoms with Crippen molar-refractivity contribution in [2.45, 2.75) is 13.5 Å². The Bertz CT molecular complexity index is 541. The summed E-state index contributed by atoms with van der Waals surface area (Å²) in [6.45, 7) is 2.35. The lowest BCUT2D eigenvalue weighted by Crippen LogP contribution is -2.09. The van der Waals surface area contributed by atoms with Crippen LogP contribution in [0.1, 0.15) is 21.1 Å². The molecule has 0 aliphatic heterocycles. The second-order valence-electron chi connectivity index (χ2n) is 3.33. The maximum Gasteiger partial charge on any atom is 0.339 e. The van der Waals surface area contributed by atoms with Crippen LogP contribution in [0.5, 0.6) is 0 Å². The van der Waals surface area contributed by atoms with Gasteiger partial charge in [-0.05, 0) is 13.0 Å². The molecular formula is C10H10N4O2S. The van der Waals surface area contributed by atoms with Crippen LogP contribution in [0.4, 0.5) is 5.82 Å². The summed E-state index contributed by atoms with van der Waals surface area (Å²) in [6.07, 6.45) is 1.35. The van der Waals surface area contributed by atoms with E-state index in [4.69, 9.17) is 5.11 Å². The number of anilines is 1. The molecule has 0 saturated carbocycles. The van der Waals surface area contributed by atoms with Crippen LogP contribution in [0.15, 0.2) is 17.6 Å². The number of thiazole rings is 1. The lowest BCUT2D eigenvalue weighted by atomic mass is 10.3. The van der Waals surface area contributed by atoms with Crippen molar-refractivity contribution in [1.29, 1.82) is 0 Å². The molecule has 2 aromatic heterocycles. The average Bonchev–Trinajstić information content (AvgIpc) is 2.73. The molecule has 2 aromatic rings. The van der Waals surface area contributed by atoms with Crippen molar-refractivity contribution in [3.05, 3.63) is 33.9 Å². The Morgan fingerprint density at radius 1 is 1.59 bits per heavy atom. The molecule has 0 atom stereocenters. The van der Waals surface area contributed by atoms with E-state index in [2.05, 4.69) is 20.5 Å². The van der Waals surface area contributed by atoms with Gasteiger partial charge in [0.25, 0.3) is 0 Å². The summed E-state index contributed by atoms with van der Waals surface area (Å²) in [6, 6.07) is 1.41. The first-order valence-corrected chi connectivity index (χ1v) is 5.74. The van der Waals surface area contributed by atoms with Gasteiger partial charge in [-0.1, -0.05) is 0 Å². The van der Waals surface area contributed by atoms with Crippen LogP contribution in [0.3, 0.4) is 0 Å². The molecule has 0 amide bonds. The Kier molecular flexibility index (Phi) is 3.29. The molecule has 0 bridgehead atoms. The lowest BCUT2D eigenvalue weighted by Gasteiger charge is -2.04. The first-order valence-electron chi connectivity index (χ1n) is 4.86. The van der Waals surface area contributed by atoms with Crippen molar-refractivity contribution in [2.75, 3.05) is 5.32 Å². The number of aryl methyl sites for hydroxylation is 1. The van der Waals surface area contributed by atoms with Gasteiger partial charge in [0.15, 0.2) is 5.82 Å². The maximum atomic E-state index is 10.9. The molecule has 0 aliphatic carbocycles. The highest BCUT2D eigenvalue weighted by Crippen LogP contribution is 2.14. The molecular weight excluding hydrogens is 240 g/mol. The molecule has 0 fully saturated rings. The van der Waals surface area contributed by atoms with Gasteiger partial charge in [0.05, 0.1) is 12.7 Å². The molecule has 7 heteroatoms. The molecule has 0 radical (unpaired) electrons. The predicted octanol–water partition coefficient (Wildman–Crippen LogP) is 1.55. The highest BCUT2D eigenvalue weighted by atomic mass is 32.1. The van der Waals surface area contributed by atoms with E-state index in [9.17, 15) is 4.79 Å². The van der Waals surface area contributed by atoms with Crippen molar-refractivity contribution in [3.63, 3.8) is 0 Å². The van der Waals surface area contributed by atoms with Crippen LogP contribution in [-0.4, -0.2) is 26.3 Å². The maximum absolute atomic E-state index is 10.9. The van der Waals surface area contributed by atoms with Gasteiger partial charge >= 0.3 is 5.97 Å². The first kappa shape index (κ1) is 11.5. The molecule has 0 spiro atoms. The van der Waals surface area contributed by atoms with E-state index in [1.807, 2.05) is 12.3 Å². The Hall–Kier alpha value is -2.02. The zero-order valence-corrected chi connectivity index (χ0v) is 9.86. The largest absolute Gasteiger partial charge is 0.478 e. The van der Waals surface area contributed by atoms with Gasteiger partial charge in [0, 0.05) is 11.1 Å². The van der Waals surface area contributed by atoms with E-state index in [1.165, 1.54) is 23.6 Å². The molecule has 0 aliphatic rings. The Labute approximate surface area is 101 Å². The number of carbonyl (C=O) groups is 1. The molecule has 0 aromatic carbocycles. The van der Waals surface area contributed by atoms with E-state index < -0.39 is 5.97 Å². The molecule has 2 rings (SSSR count). The monoisotopic (exact) mass is 250 g/mol. The van der Waals surface area contributed by atoms with Crippen molar-refractivity contribution in [3.8, 4) is 0 Å². The Morgan fingerprint density at radius 2 is 2.41 bits per heavy atom. The van der Waals surface area contributed by atoms with Gasteiger partial charge in [-0.15, -0.1) is 16.4 Å². The van der Waals surface area contributed by atoms with Crippen LogP contribution < -0.4 is 5.32 Å². The minimum atomic E-state index is -1.03. The molecule has 0 saturated heterocycles. The van der Waals surface area contributed by atoms with Gasteiger partial charge in [-0.25, -0.2) is 9.78 Å². The van der Waals surface area contributed by atoms with Gasteiger partial charge in [0.1, 0.15) is 10.6 Å². The van der Waals surface area contributed by atoms with E-state index in [0.717, 1.165) is 10.7 Å². The molecule has 0 unspecified atom stereocenters. The molecule has 88 valence electrons. The summed E-state index contributed by atoms with van der Waals surface area (Å²) >= 11 is 1.51. The molecule has 17 heavy (non-hydrogen) atoms. The number of rotatable bonds is 4.